The van der Waals surface area contributed by atoms with Crippen LogP contribution in [0.3, 0.4) is 0 Å². The van der Waals surface area contributed by atoms with E-state index in [1.807, 2.05) is 0 Å². The Kier molecular flexibility index (Phi) is 2.59. The molecule has 1 aromatic carbocycles. The van der Waals surface area contributed by atoms with E-state index in [9.17, 15) is 4.39 Å². The molecule has 88 valence electrons. The first-order chi connectivity index (χ1) is 7.49. The zero-order valence-corrected chi connectivity index (χ0v) is 9.31. The van der Waals surface area contributed by atoms with Gasteiger partial charge in [-0.25, -0.2) is 4.39 Å². The van der Waals surface area contributed by atoms with Gasteiger partial charge in [0, 0.05) is 0 Å². The van der Waals surface area contributed by atoms with Crippen molar-refractivity contribution in [2.45, 2.75) is 18.4 Å². The van der Waals surface area contributed by atoms with Crippen LogP contribution < -0.4 is 16.8 Å². The molecule has 0 unspecified atom stereocenters. The lowest BCUT2D eigenvalue weighted by Gasteiger charge is -2.19. The number of aliphatic hydroxyl groups excluding tert-OH is 1. The van der Waals surface area contributed by atoms with Crippen LogP contribution in [-0.4, -0.2) is 17.3 Å². The van der Waals surface area contributed by atoms with Crippen molar-refractivity contribution in [2.75, 3.05) is 23.4 Å². The van der Waals surface area contributed by atoms with Crippen LogP contribution in [0.2, 0.25) is 5.02 Å². The topological polar surface area (TPSA) is 84.3 Å². The predicted molar refractivity (Wildman–Crippen MR) is 62.9 cm³/mol. The summed E-state index contributed by atoms with van der Waals surface area (Å²) in [5, 5.41) is 11.9. The average Bonchev–Trinajstić information content (AvgIpc) is 3.02. The number of nitrogens with one attached hydrogen (secondary N) is 1. The summed E-state index contributed by atoms with van der Waals surface area (Å²) in [7, 11) is 0. The Morgan fingerprint density at radius 1 is 1.44 bits per heavy atom. The highest BCUT2D eigenvalue weighted by Crippen LogP contribution is 2.42. The molecule has 2 rings (SSSR count). The Bertz CT molecular complexity index is 435. The first-order valence-electron chi connectivity index (χ1n) is 4.91. The van der Waals surface area contributed by atoms with Gasteiger partial charge in [0.15, 0.2) is 5.82 Å². The normalized spacial score (nSPS) is 17.2. The second kappa shape index (κ2) is 3.68. The van der Waals surface area contributed by atoms with Gasteiger partial charge >= 0.3 is 0 Å². The summed E-state index contributed by atoms with van der Waals surface area (Å²) in [6.07, 6.45) is 1.56. The van der Waals surface area contributed by atoms with Gasteiger partial charge in [0.1, 0.15) is 5.02 Å². The van der Waals surface area contributed by atoms with Gasteiger partial charge in [0.05, 0.1) is 29.2 Å². The number of aliphatic hydroxyl groups is 1. The van der Waals surface area contributed by atoms with Gasteiger partial charge in [-0.05, 0) is 18.9 Å². The summed E-state index contributed by atoms with van der Waals surface area (Å²) in [6.45, 7) is -0.0616. The second-order valence-corrected chi connectivity index (χ2v) is 4.50. The van der Waals surface area contributed by atoms with Gasteiger partial charge in [-0.2, -0.15) is 0 Å². The number of nitrogens with two attached hydrogens (primary N) is 2. The fraction of sp³-hybridized carbons (Fsp3) is 0.400. The van der Waals surface area contributed by atoms with Crippen LogP contribution in [0.1, 0.15) is 12.8 Å². The molecule has 0 bridgehead atoms. The maximum atomic E-state index is 13.8. The molecule has 1 fully saturated rings. The van der Waals surface area contributed by atoms with Crippen LogP contribution in [0.5, 0.6) is 0 Å². The van der Waals surface area contributed by atoms with Crippen molar-refractivity contribution in [1.29, 1.82) is 0 Å². The second-order valence-electron chi connectivity index (χ2n) is 4.12. The summed E-state index contributed by atoms with van der Waals surface area (Å²) in [4.78, 5) is 0. The highest BCUT2D eigenvalue weighted by atomic mass is 35.5. The Morgan fingerprint density at radius 2 is 2.06 bits per heavy atom. The van der Waals surface area contributed by atoms with Crippen molar-refractivity contribution in [3.8, 4) is 0 Å². The van der Waals surface area contributed by atoms with Crippen molar-refractivity contribution in [3.05, 3.63) is 16.9 Å². The first kappa shape index (κ1) is 11.3. The molecule has 0 aliphatic heterocycles. The van der Waals surface area contributed by atoms with Crippen LogP contribution in [0.15, 0.2) is 6.07 Å². The largest absolute Gasteiger partial charge is 0.397 e. The Hall–Kier alpha value is -1.20. The van der Waals surface area contributed by atoms with Crippen molar-refractivity contribution >= 4 is 28.7 Å². The Labute approximate surface area is 97.4 Å². The first-order valence-corrected chi connectivity index (χ1v) is 5.29. The van der Waals surface area contributed by atoms with Gasteiger partial charge in [0.25, 0.3) is 0 Å². The minimum absolute atomic E-state index is 0.0616. The number of benzene rings is 1. The van der Waals surface area contributed by atoms with E-state index in [1.165, 1.54) is 6.07 Å². The minimum atomic E-state index is -0.668. The van der Waals surface area contributed by atoms with E-state index >= 15 is 0 Å². The van der Waals surface area contributed by atoms with Crippen LogP contribution in [0.4, 0.5) is 21.5 Å². The lowest BCUT2D eigenvalue weighted by atomic mass is 10.2. The fourth-order valence-electron chi connectivity index (χ4n) is 1.53. The summed E-state index contributed by atoms with van der Waals surface area (Å²) in [5.41, 5.74) is 11.1. The fourth-order valence-corrected chi connectivity index (χ4v) is 1.68. The maximum absolute atomic E-state index is 13.8. The van der Waals surface area contributed by atoms with E-state index in [-0.39, 0.29) is 28.7 Å². The van der Waals surface area contributed by atoms with E-state index in [1.54, 1.807) is 0 Å². The molecule has 1 aliphatic rings. The van der Waals surface area contributed by atoms with Crippen molar-refractivity contribution < 1.29 is 9.50 Å². The summed E-state index contributed by atoms with van der Waals surface area (Å²) >= 11 is 5.69. The third kappa shape index (κ3) is 1.76. The maximum Gasteiger partial charge on any atom is 0.169 e. The molecule has 1 aliphatic carbocycles. The molecule has 0 radical (unpaired) electrons. The van der Waals surface area contributed by atoms with E-state index in [0.29, 0.717) is 0 Å². The van der Waals surface area contributed by atoms with Crippen LogP contribution in [0.25, 0.3) is 0 Å². The summed E-state index contributed by atoms with van der Waals surface area (Å²) in [6, 6.07) is 1.40. The number of nitrogen functional groups attached to an aromatic ring is 2. The predicted octanol–water partition coefficient (Wildman–Crippen LogP) is 1.58. The minimum Gasteiger partial charge on any atom is -0.397 e. The number of anilines is 3. The van der Waals surface area contributed by atoms with E-state index in [2.05, 4.69) is 5.32 Å². The molecule has 0 spiro atoms. The lowest BCUT2D eigenvalue weighted by molar-refractivity contribution is 0.266. The number of hydrogen-bond donors (Lipinski definition) is 4. The van der Waals surface area contributed by atoms with Crippen molar-refractivity contribution in [1.82, 2.24) is 0 Å². The standard InChI is InChI=1S/C10H13ClFN3O/c11-7-5(13)3-6(14)9(8(7)12)15-10(4-16)1-2-10/h3,15-16H,1-2,4,13-14H2. The Morgan fingerprint density at radius 3 is 2.56 bits per heavy atom. The third-order valence-electron chi connectivity index (χ3n) is 2.81. The molecule has 0 heterocycles. The highest BCUT2D eigenvalue weighted by molar-refractivity contribution is 6.33. The summed E-state index contributed by atoms with van der Waals surface area (Å²) < 4.78 is 13.8. The molecule has 1 saturated carbocycles. The smallest absolute Gasteiger partial charge is 0.169 e. The molecule has 6 N–H and O–H groups in total. The molecule has 16 heavy (non-hydrogen) atoms. The van der Waals surface area contributed by atoms with Crippen LogP contribution in [-0.2, 0) is 0 Å². The van der Waals surface area contributed by atoms with Gasteiger partial charge < -0.3 is 21.9 Å². The molecule has 0 atom stereocenters. The Balaban J connectivity index is 2.37. The lowest BCUT2D eigenvalue weighted by Crippen LogP contribution is -2.26. The van der Waals surface area contributed by atoms with Crippen LogP contribution >= 0.6 is 11.6 Å². The van der Waals surface area contributed by atoms with Gasteiger partial charge in [-0.1, -0.05) is 11.6 Å². The number of halogens is 2. The molecule has 6 heteroatoms. The van der Waals surface area contributed by atoms with E-state index in [4.69, 9.17) is 28.2 Å². The zero-order valence-electron chi connectivity index (χ0n) is 8.56. The van der Waals surface area contributed by atoms with Crippen molar-refractivity contribution in [3.63, 3.8) is 0 Å². The van der Waals surface area contributed by atoms with Crippen molar-refractivity contribution in [2.24, 2.45) is 0 Å². The van der Waals surface area contributed by atoms with Gasteiger partial charge in [0.2, 0.25) is 0 Å². The molecule has 4 nitrogen and oxygen atoms in total. The molecular weight excluding hydrogens is 233 g/mol. The van der Waals surface area contributed by atoms with E-state index < -0.39 is 11.4 Å². The monoisotopic (exact) mass is 245 g/mol. The van der Waals surface area contributed by atoms with Gasteiger partial charge in [-0.3, -0.25) is 0 Å². The quantitative estimate of drug-likeness (QED) is 0.609. The zero-order chi connectivity index (χ0) is 11.9. The van der Waals surface area contributed by atoms with Gasteiger partial charge in [-0.15, -0.1) is 0 Å². The number of hydrogen-bond acceptors (Lipinski definition) is 4. The molecule has 0 aromatic heterocycles. The SMILES string of the molecule is Nc1cc(N)c(NC2(CO)CC2)c(F)c1Cl. The average molecular weight is 246 g/mol. The number of rotatable bonds is 3. The molecule has 1 aromatic rings. The van der Waals surface area contributed by atoms with Crippen LogP contribution in [0, 0.1) is 5.82 Å². The molecule has 0 saturated heterocycles. The van der Waals surface area contributed by atoms with E-state index in [0.717, 1.165) is 12.8 Å². The highest BCUT2D eigenvalue weighted by Gasteiger charge is 2.43. The molecular formula is C10H13ClFN3O. The molecule has 0 amide bonds. The summed E-state index contributed by atoms with van der Waals surface area (Å²) in [5.74, 6) is -0.668. The third-order valence-corrected chi connectivity index (χ3v) is 3.20.